The molecule has 0 saturated carbocycles. The summed E-state index contributed by atoms with van der Waals surface area (Å²) in [6.07, 6.45) is 1.79. The fourth-order valence-corrected chi connectivity index (χ4v) is 1.66. The van der Waals surface area contributed by atoms with Crippen LogP contribution >= 0.6 is 0 Å². The van der Waals surface area contributed by atoms with Crippen LogP contribution in [0.1, 0.15) is 12.6 Å². The van der Waals surface area contributed by atoms with E-state index in [2.05, 4.69) is 10.4 Å². The molecule has 1 unspecified atom stereocenters. The highest BCUT2D eigenvalue weighted by molar-refractivity contribution is 6.00. The number of hydrogen-bond acceptors (Lipinski definition) is 4. The largest absolute Gasteiger partial charge is 0.298 e. The van der Waals surface area contributed by atoms with Crippen molar-refractivity contribution in [2.24, 2.45) is 7.05 Å². The molecule has 0 aromatic carbocycles. The van der Waals surface area contributed by atoms with E-state index in [1.54, 1.807) is 30.9 Å². The second kappa shape index (κ2) is 4.05. The number of aryl methyl sites for hydroxylation is 1. The maximum atomic E-state index is 11.8. The van der Waals surface area contributed by atoms with Crippen molar-refractivity contribution in [3.63, 3.8) is 0 Å². The van der Waals surface area contributed by atoms with Crippen LogP contribution in [-0.4, -0.2) is 39.1 Å². The molecule has 6 heteroatoms. The van der Waals surface area contributed by atoms with E-state index >= 15 is 0 Å². The second-order valence-electron chi connectivity index (χ2n) is 3.90. The Labute approximate surface area is 93.2 Å². The molecule has 6 nitrogen and oxygen atoms in total. The second-order valence-corrected chi connectivity index (χ2v) is 3.90. The lowest BCUT2D eigenvalue weighted by Crippen LogP contribution is -2.56. The quantitative estimate of drug-likeness (QED) is 0.670. The molecule has 16 heavy (non-hydrogen) atoms. The van der Waals surface area contributed by atoms with Crippen molar-refractivity contribution in [2.75, 3.05) is 6.54 Å². The summed E-state index contributed by atoms with van der Waals surface area (Å²) in [5, 5.41) is 6.98. The first kappa shape index (κ1) is 10.8. The minimum Gasteiger partial charge on any atom is -0.298 e. The van der Waals surface area contributed by atoms with Crippen LogP contribution in [0.4, 0.5) is 0 Å². The number of amides is 2. The summed E-state index contributed by atoms with van der Waals surface area (Å²) in [5.74, 6) is -0.393. The molecule has 86 valence electrons. The first-order valence-electron chi connectivity index (χ1n) is 5.14. The van der Waals surface area contributed by atoms with Gasteiger partial charge in [0.25, 0.3) is 0 Å². The van der Waals surface area contributed by atoms with E-state index < -0.39 is 0 Å². The number of piperazine rings is 1. The molecule has 1 aliphatic rings. The monoisotopic (exact) mass is 222 g/mol. The first-order valence-corrected chi connectivity index (χ1v) is 5.14. The zero-order valence-corrected chi connectivity index (χ0v) is 9.30. The van der Waals surface area contributed by atoms with Gasteiger partial charge in [0, 0.05) is 13.2 Å². The number of aromatic nitrogens is 2. The first-order chi connectivity index (χ1) is 7.58. The summed E-state index contributed by atoms with van der Waals surface area (Å²) in [6.45, 7) is 2.21. The van der Waals surface area contributed by atoms with Crippen molar-refractivity contribution in [2.45, 2.75) is 19.5 Å². The molecular weight excluding hydrogens is 208 g/mol. The van der Waals surface area contributed by atoms with Gasteiger partial charge in [-0.1, -0.05) is 0 Å². The van der Waals surface area contributed by atoms with E-state index in [9.17, 15) is 9.59 Å². The van der Waals surface area contributed by atoms with Gasteiger partial charge >= 0.3 is 0 Å². The number of nitrogens with one attached hydrogen (secondary N) is 1. The number of carbonyl (C=O) groups is 2. The molecule has 1 N–H and O–H groups in total. The number of carbonyl (C=O) groups excluding carboxylic acids is 2. The predicted molar refractivity (Wildman–Crippen MR) is 56.2 cm³/mol. The number of hydrogen-bond donors (Lipinski definition) is 1. The maximum absolute atomic E-state index is 11.8. The Morgan fingerprint density at radius 1 is 1.56 bits per heavy atom. The third kappa shape index (κ3) is 1.96. The van der Waals surface area contributed by atoms with Gasteiger partial charge < -0.3 is 0 Å². The molecule has 0 spiro atoms. The molecular formula is C10H14N4O2. The molecule has 1 atom stereocenters. The molecule has 2 amide bonds. The number of rotatable bonds is 2. The summed E-state index contributed by atoms with van der Waals surface area (Å²) in [5.41, 5.74) is 0.721. The minimum atomic E-state index is -0.304. The minimum absolute atomic E-state index is 0.193. The zero-order chi connectivity index (χ0) is 11.7. The van der Waals surface area contributed by atoms with Crippen LogP contribution in [0, 0.1) is 0 Å². The van der Waals surface area contributed by atoms with Crippen molar-refractivity contribution >= 4 is 11.8 Å². The van der Waals surface area contributed by atoms with E-state index in [1.807, 2.05) is 0 Å². The SMILES string of the molecule is CC1NCC(=O)N(Cc2ccn(C)n2)C1=O. The topological polar surface area (TPSA) is 67.2 Å². The number of imide groups is 1. The van der Waals surface area contributed by atoms with Gasteiger partial charge in [-0.25, -0.2) is 0 Å². The van der Waals surface area contributed by atoms with Gasteiger partial charge in [0.05, 0.1) is 24.8 Å². The number of nitrogens with zero attached hydrogens (tertiary/aromatic N) is 3. The molecule has 1 saturated heterocycles. The molecule has 2 rings (SSSR count). The lowest BCUT2D eigenvalue weighted by Gasteiger charge is -2.29. The smallest absolute Gasteiger partial charge is 0.246 e. The summed E-state index contributed by atoms with van der Waals surface area (Å²) in [4.78, 5) is 24.6. The molecule has 1 fully saturated rings. The summed E-state index contributed by atoms with van der Waals surface area (Å²) >= 11 is 0. The Balaban J connectivity index is 2.13. The Hall–Kier alpha value is -1.69. The molecule has 0 bridgehead atoms. The van der Waals surface area contributed by atoms with Crippen molar-refractivity contribution in [1.82, 2.24) is 20.0 Å². The van der Waals surface area contributed by atoms with Gasteiger partial charge in [0.2, 0.25) is 11.8 Å². The van der Waals surface area contributed by atoms with E-state index in [-0.39, 0.29) is 30.9 Å². The van der Waals surface area contributed by atoms with Crippen LogP contribution in [0.5, 0.6) is 0 Å². The van der Waals surface area contributed by atoms with Crippen LogP contribution < -0.4 is 5.32 Å². The summed E-state index contributed by atoms with van der Waals surface area (Å²) < 4.78 is 1.65. The van der Waals surface area contributed by atoms with Gasteiger partial charge in [-0.15, -0.1) is 0 Å². The standard InChI is InChI=1S/C10H14N4O2/c1-7-10(16)14(9(15)5-11-7)6-8-3-4-13(2)12-8/h3-4,7,11H,5-6H2,1-2H3. The van der Waals surface area contributed by atoms with Gasteiger partial charge in [0.1, 0.15) is 0 Å². The van der Waals surface area contributed by atoms with Crippen LogP contribution in [-0.2, 0) is 23.2 Å². The highest BCUT2D eigenvalue weighted by atomic mass is 16.2. The van der Waals surface area contributed by atoms with Crippen molar-refractivity contribution in [3.05, 3.63) is 18.0 Å². The van der Waals surface area contributed by atoms with Gasteiger partial charge in [-0.2, -0.15) is 5.10 Å². The van der Waals surface area contributed by atoms with E-state index in [0.717, 1.165) is 5.69 Å². The Kier molecular flexibility index (Phi) is 2.74. The average Bonchev–Trinajstić information content (AvgIpc) is 2.65. The van der Waals surface area contributed by atoms with Crippen LogP contribution in [0.25, 0.3) is 0 Å². The van der Waals surface area contributed by atoms with Crippen LogP contribution in [0.2, 0.25) is 0 Å². The summed E-state index contributed by atoms with van der Waals surface area (Å²) in [6, 6.07) is 1.49. The lowest BCUT2D eigenvalue weighted by atomic mass is 10.2. The Bertz CT molecular complexity index is 426. The maximum Gasteiger partial charge on any atom is 0.246 e. The van der Waals surface area contributed by atoms with Gasteiger partial charge in [-0.05, 0) is 13.0 Å². The lowest BCUT2D eigenvalue weighted by molar-refractivity contribution is -0.149. The van der Waals surface area contributed by atoms with E-state index in [1.165, 1.54) is 4.90 Å². The van der Waals surface area contributed by atoms with Gasteiger partial charge in [-0.3, -0.25) is 24.5 Å². The van der Waals surface area contributed by atoms with Crippen molar-refractivity contribution < 1.29 is 9.59 Å². The van der Waals surface area contributed by atoms with Crippen molar-refractivity contribution in [3.8, 4) is 0 Å². The predicted octanol–water partition coefficient (Wildman–Crippen LogP) is -0.733. The van der Waals surface area contributed by atoms with Crippen LogP contribution in [0.15, 0.2) is 12.3 Å². The van der Waals surface area contributed by atoms with E-state index in [0.29, 0.717) is 0 Å². The third-order valence-electron chi connectivity index (χ3n) is 2.59. The highest BCUT2D eigenvalue weighted by Crippen LogP contribution is 2.07. The molecule has 0 aliphatic carbocycles. The molecule has 1 aromatic heterocycles. The average molecular weight is 222 g/mol. The van der Waals surface area contributed by atoms with Gasteiger partial charge in [0.15, 0.2) is 0 Å². The molecule has 0 radical (unpaired) electrons. The van der Waals surface area contributed by atoms with Crippen LogP contribution in [0.3, 0.4) is 0 Å². The van der Waals surface area contributed by atoms with E-state index in [4.69, 9.17) is 0 Å². The fourth-order valence-electron chi connectivity index (χ4n) is 1.66. The third-order valence-corrected chi connectivity index (χ3v) is 2.59. The molecule has 1 aromatic rings. The Morgan fingerprint density at radius 3 is 2.94 bits per heavy atom. The normalized spacial score (nSPS) is 21.6. The Morgan fingerprint density at radius 2 is 2.31 bits per heavy atom. The molecule has 2 heterocycles. The highest BCUT2D eigenvalue weighted by Gasteiger charge is 2.31. The fraction of sp³-hybridized carbons (Fsp3) is 0.500. The summed E-state index contributed by atoms with van der Waals surface area (Å²) in [7, 11) is 1.80. The molecule has 1 aliphatic heterocycles. The zero-order valence-electron chi connectivity index (χ0n) is 9.30. The van der Waals surface area contributed by atoms with Crippen molar-refractivity contribution in [1.29, 1.82) is 0 Å².